The van der Waals surface area contributed by atoms with Crippen molar-refractivity contribution >= 4 is 21.4 Å². The maximum Gasteiger partial charge on any atom is 0.161 e. The van der Waals surface area contributed by atoms with Crippen LogP contribution in [-0.4, -0.2) is 16.9 Å². The molecule has 3 aromatic rings. The predicted molar refractivity (Wildman–Crippen MR) is 82.3 cm³/mol. The summed E-state index contributed by atoms with van der Waals surface area (Å²) in [5.41, 5.74) is 8.54. The lowest BCUT2D eigenvalue weighted by Crippen LogP contribution is -2.17. The molecule has 1 aromatic carbocycles. The minimum absolute atomic E-state index is 0.233. The highest BCUT2D eigenvalue weighted by atomic mass is 32.1. The van der Waals surface area contributed by atoms with Crippen molar-refractivity contribution in [3.8, 4) is 5.75 Å². The van der Waals surface area contributed by atoms with E-state index < -0.39 is 0 Å². The average Bonchev–Trinajstić information content (AvgIpc) is 3.10. The van der Waals surface area contributed by atoms with Crippen molar-refractivity contribution in [3.05, 3.63) is 47.1 Å². The van der Waals surface area contributed by atoms with Gasteiger partial charge in [-0.25, -0.2) is 0 Å². The molecule has 1 atom stereocenters. The second-order valence-electron chi connectivity index (χ2n) is 4.58. The number of rotatable bonds is 4. The van der Waals surface area contributed by atoms with Crippen LogP contribution in [0.4, 0.5) is 0 Å². The van der Waals surface area contributed by atoms with Crippen LogP contribution < -0.4 is 10.5 Å². The molecule has 0 fully saturated rings. The summed E-state index contributed by atoms with van der Waals surface area (Å²) in [6, 6.07) is 8.08. The Morgan fingerprint density at radius 2 is 2.20 bits per heavy atom. The molecular weight excluding hydrogens is 270 g/mol. The molecule has 104 valence electrons. The summed E-state index contributed by atoms with van der Waals surface area (Å²) in [6.07, 6.45) is 1.73. The summed E-state index contributed by atoms with van der Waals surface area (Å²) in [7, 11) is 1.65. The standard InChI is InChI=1S/C15H17N3OS/c1-3-18-15(12(19-2)8-17-18)14(16)11-9-20-13-7-5-4-6-10(11)13/h4-9,14H,3,16H2,1-2H3. The predicted octanol–water partition coefficient (Wildman–Crippen LogP) is 3.17. The molecule has 2 heterocycles. The molecule has 0 amide bonds. The average molecular weight is 287 g/mol. The van der Waals surface area contributed by atoms with Gasteiger partial charge in [0.25, 0.3) is 0 Å². The zero-order valence-electron chi connectivity index (χ0n) is 11.5. The van der Waals surface area contributed by atoms with Gasteiger partial charge in [0.05, 0.1) is 19.3 Å². The SMILES string of the molecule is CCn1ncc(OC)c1C(N)c1csc2ccccc12. The third-order valence-corrected chi connectivity index (χ3v) is 4.49. The Labute approximate surface area is 121 Å². The number of thiophene rings is 1. The second kappa shape index (κ2) is 5.26. The molecule has 0 saturated carbocycles. The highest BCUT2D eigenvalue weighted by Crippen LogP contribution is 2.35. The van der Waals surface area contributed by atoms with Crippen molar-refractivity contribution in [2.24, 2.45) is 5.73 Å². The molecule has 3 rings (SSSR count). The van der Waals surface area contributed by atoms with E-state index in [-0.39, 0.29) is 6.04 Å². The number of fused-ring (bicyclic) bond motifs is 1. The van der Waals surface area contributed by atoms with Gasteiger partial charge in [-0.2, -0.15) is 5.10 Å². The Balaban J connectivity index is 2.13. The van der Waals surface area contributed by atoms with Crippen LogP contribution in [0.25, 0.3) is 10.1 Å². The van der Waals surface area contributed by atoms with Gasteiger partial charge in [0.1, 0.15) is 5.69 Å². The van der Waals surface area contributed by atoms with Gasteiger partial charge in [-0.3, -0.25) is 4.68 Å². The van der Waals surface area contributed by atoms with E-state index in [4.69, 9.17) is 10.5 Å². The first kappa shape index (κ1) is 13.1. The van der Waals surface area contributed by atoms with Gasteiger partial charge in [-0.15, -0.1) is 11.3 Å². The van der Waals surface area contributed by atoms with Gasteiger partial charge in [-0.05, 0) is 29.3 Å². The smallest absolute Gasteiger partial charge is 0.161 e. The first-order chi connectivity index (χ1) is 9.76. The van der Waals surface area contributed by atoms with Crippen LogP contribution in [-0.2, 0) is 6.54 Å². The van der Waals surface area contributed by atoms with Crippen LogP contribution in [0.2, 0.25) is 0 Å². The highest BCUT2D eigenvalue weighted by Gasteiger charge is 2.22. The number of methoxy groups -OCH3 is 1. The molecule has 0 spiro atoms. The highest BCUT2D eigenvalue weighted by molar-refractivity contribution is 7.17. The molecule has 0 saturated heterocycles. The molecule has 5 heteroatoms. The van der Waals surface area contributed by atoms with Gasteiger partial charge >= 0.3 is 0 Å². The molecule has 4 nitrogen and oxygen atoms in total. The van der Waals surface area contributed by atoms with Crippen LogP contribution in [0.15, 0.2) is 35.8 Å². The maximum atomic E-state index is 6.49. The lowest BCUT2D eigenvalue weighted by molar-refractivity contribution is 0.405. The van der Waals surface area contributed by atoms with Crippen molar-refractivity contribution in [1.82, 2.24) is 9.78 Å². The molecule has 0 aliphatic carbocycles. The van der Waals surface area contributed by atoms with Gasteiger partial charge in [-0.1, -0.05) is 18.2 Å². The molecule has 20 heavy (non-hydrogen) atoms. The van der Waals surface area contributed by atoms with Crippen molar-refractivity contribution < 1.29 is 4.74 Å². The zero-order valence-corrected chi connectivity index (χ0v) is 12.4. The molecular formula is C15H17N3OS. The molecule has 2 aromatic heterocycles. The van der Waals surface area contributed by atoms with Crippen LogP contribution in [0.3, 0.4) is 0 Å². The number of aromatic nitrogens is 2. The van der Waals surface area contributed by atoms with Crippen molar-refractivity contribution in [2.75, 3.05) is 7.11 Å². The fourth-order valence-corrected chi connectivity index (χ4v) is 3.48. The Morgan fingerprint density at radius 3 is 2.95 bits per heavy atom. The number of ether oxygens (including phenoxy) is 1. The molecule has 0 bridgehead atoms. The van der Waals surface area contributed by atoms with E-state index in [1.165, 1.54) is 10.1 Å². The molecule has 0 aliphatic rings. The van der Waals surface area contributed by atoms with Crippen LogP contribution in [0.5, 0.6) is 5.75 Å². The Hall–Kier alpha value is -1.85. The van der Waals surface area contributed by atoms with E-state index in [1.807, 2.05) is 23.7 Å². The number of benzene rings is 1. The first-order valence-corrected chi connectivity index (χ1v) is 7.45. The summed E-state index contributed by atoms with van der Waals surface area (Å²) >= 11 is 1.72. The quantitative estimate of drug-likeness (QED) is 0.802. The second-order valence-corrected chi connectivity index (χ2v) is 5.49. The molecule has 2 N–H and O–H groups in total. The summed E-state index contributed by atoms with van der Waals surface area (Å²) in [5.74, 6) is 0.745. The van der Waals surface area contributed by atoms with Gasteiger partial charge < -0.3 is 10.5 Å². The van der Waals surface area contributed by atoms with Crippen LogP contribution in [0, 0.1) is 0 Å². The van der Waals surface area contributed by atoms with E-state index >= 15 is 0 Å². The summed E-state index contributed by atoms with van der Waals surface area (Å²) in [5, 5.41) is 7.66. The Kier molecular flexibility index (Phi) is 3.46. The number of hydrogen-bond acceptors (Lipinski definition) is 4. The van der Waals surface area contributed by atoms with Crippen LogP contribution >= 0.6 is 11.3 Å². The van der Waals surface area contributed by atoms with E-state index in [1.54, 1.807) is 24.6 Å². The fourth-order valence-electron chi connectivity index (χ4n) is 2.49. The Morgan fingerprint density at radius 1 is 1.40 bits per heavy atom. The number of aryl methyl sites for hydroxylation is 1. The first-order valence-electron chi connectivity index (χ1n) is 6.57. The van der Waals surface area contributed by atoms with Crippen molar-refractivity contribution in [1.29, 1.82) is 0 Å². The van der Waals surface area contributed by atoms with Crippen LogP contribution in [0.1, 0.15) is 24.2 Å². The monoisotopic (exact) mass is 287 g/mol. The lowest BCUT2D eigenvalue weighted by atomic mass is 10.0. The lowest BCUT2D eigenvalue weighted by Gasteiger charge is -2.15. The third-order valence-electron chi connectivity index (χ3n) is 3.50. The third kappa shape index (κ3) is 1.99. The summed E-state index contributed by atoms with van der Waals surface area (Å²) in [6.45, 7) is 2.82. The minimum Gasteiger partial charge on any atom is -0.493 e. The van der Waals surface area contributed by atoms with E-state index in [9.17, 15) is 0 Å². The fraction of sp³-hybridized carbons (Fsp3) is 0.267. The van der Waals surface area contributed by atoms with Gasteiger partial charge in [0, 0.05) is 11.2 Å². The van der Waals surface area contributed by atoms with E-state index in [0.717, 1.165) is 23.6 Å². The normalized spacial score (nSPS) is 12.8. The number of hydrogen-bond donors (Lipinski definition) is 1. The Bertz CT molecular complexity index is 710. The maximum absolute atomic E-state index is 6.49. The topological polar surface area (TPSA) is 53.1 Å². The van der Waals surface area contributed by atoms with Crippen molar-refractivity contribution in [3.63, 3.8) is 0 Å². The molecule has 0 aliphatic heterocycles. The largest absolute Gasteiger partial charge is 0.493 e. The molecule has 1 unspecified atom stereocenters. The zero-order chi connectivity index (χ0) is 14.1. The van der Waals surface area contributed by atoms with E-state index in [0.29, 0.717) is 0 Å². The molecule has 0 radical (unpaired) electrons. The number of nitrogens with zero attached hydrogens (tertiary/aromatic N) is 2. The van der Waals surface area contributed by atoms with Gasteiger partial charge in [0.15, 0.2) is 5.75 Å². The number of nitrogens with two attached hydrogens (primary N) is 1. The van der Waals surface area contributed by atoms with Gasteiger partial charge in [0.2, 0.25) is 0 Å². The van der Waals surface area contributed by atoms with Crippen molar-refractivity contribution in [2.45, 2.75) is 19.5 Å². The minimum atomic E-state index is -0.233. The summed E-state index contributed by atoms with van der Waals surface area (Å²) < 4.78 is 8.55. The van der Waals surface area contributed by atoms with E-state index in [2.05, 4.69) is 22.6 Å². The summed E-state index contributed by atoms with van der Waals surface area (Å²) in [4.78, 5) is 0.